The zero-order valence-electron chi connectivity index (χ0n) is 2.94. The molecule has 1 N–H and O–H groups in total. The first kappa shape index (κ1) is 8.83. The highest BCUT2D eigenvalue weighted by molar-refractivity contribution is 4.60. The van der Waals surface area contributed by atoms with Crippen LogP contribution in [-0.4, -0.2) is 11.7 Å². The maximum absolute atomic E-state index is 7.76. The number of hydrogen-bond donors (Lipinski definition) is 1. The molecule has 0 bridgehead atoms. The third-order valence-corrected chi connectivity index (χ3v) is 0.129. The van der Waals surface area contributed by atoms with E-state index < -0.39 is 0 Å². The van der Waals surface area contributed by atoms with Crippen LogP contribution in [0.5, 0.6) is 0 Å². The summed E-state index contributed by atoms with van der Waals surface area (Å²) in [6.45, 7) is 3.31. The highest BCUT2D eigenvalue weighted by atomic mass is 16.2. The van der Waals surface area contributed by atoms with E-state index in [1.165, 1.54) is 6.08 Å². The Morgan fingerprint density at radius 2 is 2.00 bits per heavy atom. The summed E-state index contributed by atoms with van der Waals surface area (Å²) in [4.78, 5) is 0. The topological polar surface area (TPSA) is 20.2 Å². The summed E-state index contributed by atoms with van der Waals surface area (Å²) in [6, 6.07) is 0. The third kappa shape index (κ3) is 21.8. The summed E-state index contributed by atoms with van der Waals surface area (Å²) >= 11 is 0. The molecule has 0 atom stereocenters. The second-order valence-corrected chi connectivity index (χ2v) is 0.471. The molecule has 0 saturated heterocycles. The van der Waals surface area contributed by atoms with Crippen LogP contribution in [0.15, 0.2) is 12.7 Å². The van der Waals surface area contributed by atoms with Crippen molar-refractivity contribution >= 4 is 0 Å². The molecule has 0 aromatic rings. The summed E-state index contributed by atoms with van der Waals surface area (Å²) in [5.41, 5.74) is 0. The van der Waals surface area contributed by atoms with Crippen molar-refractivity contribution in [3.8, 4) is 0 Å². The van der Waals surface area contributed by atoms with Gasteiger partial charge in [0, 0.05) is 7.43 Å². The molecule has 0 aromatic heterocycles. The first-order valence-electron chi connectivity index (χ1n) is 1.13. The monoisotopic (exact) mass is 70.0 g/mol. The fourth-order valence-electron chi connectivity index (χ4n) is 0. The second kappa shape index (κ2) is 9.33. The lowest BCUT2D eigenvalue weighted by molar-refractivity contribution is 0.343. The lowest BCUT2D eigenvalue weighted by Crippen LogP contribution is -1.62. The smallest absolute Gasteiger partial charge is 0.0609 e. The van der Waals surface area contributed by atoms with Crippen molar-refractivity contribution in [2.45, 2.75) is 0 Å². The zero-order valence-corrected chi connectivity index (χ0v) is 2.94. The molecule has 28 valence electrons. The Labute approximate surface area is 32.9 Å². The van der Waals surface area contributed by atoms with E-state index in [0.29, 0.717) is 0 Å². The predicted octanol–water partition coefficient (Wildman–Crippen LogP) is 0.246. The maximum Gasteiger partial charge on any atom is 0.0609 e. The van der Waals surface area contributed by atoms with E-state index in [2.05, 4.69) is 6.58 Å². The number of aliphatic hydroxyl groups is 1. The highest BCUT2D eigenvalue weighted by Gasteiger charge is 1.45. The van der Waals surface area contributed by atoms with Gasteiger partial charge < -0.3 is 5.11 Å². The van der Waals surface area contributed by atoms with E-state index >= 15 is 0 Å². The van der Waals surface area contributed by atoms with Gasteiger partial charge in [0.2, 0.25) is 0 Å². The summed E-state index contributed by atoms with van der Waals surface area (Å²) in [7, 11) is 0. The SMILES string of the molecule is C=CCO.[C]. The first-order valence-corrected chi connectivity index (χ1v) is 1.13. The van der Waals surface area contributed by atoms with Crippen molar-refractivity contribution in [1.82, 2.24) is 0 Å². The molecule has 0 unspecified atom stereocenters. The van der Waals surface area contributed by atoms with Crippen LogP contribution in [0.25, 0.3) is 0 Å². The summed E-state index contributed by atoms with van der Waals surface area (Å²) in [5.74, 6) is 0. The molecule has 0 heterocycles. The molecule has 0 fully saturated rings. The first-order chi connectivity index (χ1) is 1.91. The fraction of sp³-hybridized carbons (Fsp3) is 0.250. The molecule has 1 nitrogen and oxygen atoms in total. The van der Waals surface area contributed by atoms with Crippen LogP contribution < -0.4 is 0 Å². The molecule has 0 aromatic carbocycles. The molecule has 0 spiro atoms. The average Bonchev–Trinajstić information content (AvgIpc) is 1.37. The summed E-state index contributed by atoms with van der Waals surface area (Å²) in [5, 5.41) is 7.76. The molecule has 0 saturated carbocycles. The van der Waals surface area contributed by atoms with E-state index in [0.717, 1.165) is 0 Å². The van der Waals surface area contributed by atoms with Gasteiger partial charge in [-0.1, -0.05) is 6.08 Å². The minimum atomic E-state index is 0. The van der Waals surface area contributed by atoms with Crippen LogP contribution >= 0.6 is 0 Å². The summed E-state index contributed by atoms with van der Waals surface area (Å²) < 4.78 is 0. The zero-order chi connectivity index (χ0) is 3.41. The Balaban J connectivity index is 0. The van der Waals surface area contributed by atoms with Crippen molar-refractivity contribution in [3.05, 3.63) is 20.1 Å². The lowest BCUT2D eigenvalue weighted by atomic mass is 10.7. The van der Waals surface area contributed by atoms with Crippen LogP contribution in [0, 0.1) is 7.43 Å². The average molecular weight is 70.1 g/mol. The quantitative estimate of drug-likeness (QED) is 0.438. The van der Waals surface area contributed by atoms with Crippen LogP contribution in [0.2, 0.25) is 0 Å². The van der Waals surface area contributed by atoms with Crippen LogP contribution in [0.3, 0.4) is 0 Å². The van der Waals surface area contributed by atoms with Crippen molar-refractivity contribution in [2.24, 2.45) is 0 Å². The second-order valence-electron chi connectivity index (χ2n) is 0.471. The minimum Gasteiger partial charge on any atom is -0.392 e. The lowest BCUT2D eigenvalue weighted by Gasteiger charge is -1.60. The van der Waals surface area contributed by atoms with Gasteiger partial charge in [0.15, 0.2) is 0 Å². The normalized spacial score (nSPS) is 5.00. The molecule has 5 heavy (non-hydrogen) atoms. The number of rotatable bonds is 1. The van der Waals surface area contributed by atoms with Crippen LogP contribution in [-0.2, 0) is 0 Å². The Morgan fingerprint density at radius 3 is 2.00 bits per heavy atom. The Kier molecular flexibility index (Phi) is 16.5. The molecule has 0 aliphatic rings. The van der Waals surface area contributed by atoms with Gasteiger partial charge in [-0.05, 0) is 0 Å². The molecule has 1 heteroatoms. The molecule has 0 aliphatic carbocycles. The molecule has 4 radical (unpaired) electrons. The Hall–Kier alpha value is -0.300. The predicted molar refractivity (Wildman–Crippen MR) is 20.5 cm³/mol. The largest absolute Gasteiger partial charge is 0.392 e. The van der Waals surface area contributed by atoms with Gasteiger partial charge in [-0.25, -0.2) is 0 Å². The van der Waals surface area contributed by atoms with E-state index in [1.54, 1.807) is 0 Å². The highest BCUT2D eigenvalue weighted by Crippen LogP contribution is 1.46. The molecular formula is C4H6O. The van der Waals surface area contributed by atoms with E-state index in [9.17, 15) is 0 Å². The van der Waals surface area contributed by atoms with Gasteiger partial charge >= 0.3 is 0 Å². The Morgan fingerprint density at radius 1 is 1.80 bits per heavy atom. The van der Waals surface area contributed by atoms with Gasteiger partial charge in [-0.2, -0.15) is 0 Å². The maximum atomic E-state index is 7.76. The standard InChI is InChI=1S/C3H6O.C/c1-2-3-4;/h2,4H,1,3H2;. The van der Waals surface area contributed by atoms with Gasteiger partial charge in [-0.3, -0.25) is 0 Å². The van der Waals surface area contributed by atoms with E-state index in [-0.39, 0.29) is 14.0 Å². The number of hydrogen-bond acceptors (Lipinski definition) is 1. The number of aliphatic hydroxyl groups excluding tert-OH is 1. The molecule has 0 aliphatic heterocycles. The van der Waals surface area contributed by atoms with Crippen molar-refractivity contribution in [3.63, 3.8) is 0 Å². The van der Waals surface area contributed by atoms with Crippen molar-refractivity contribution < 1.29 is 5.11 Å². The summed E-state index contributed by atoms with van der Waals surface area (Å²) in [6.07, 6.45) is 1.43. The fourth-order valence-corrected chi connectivity index (χ4v) is 0. The van der Waals surface area contributed by atoms with Gasteiger partial charge in [0.05, 0.1) is 6.61 Å². The molecular weight excluding hydrogens is 64.0 g/mol. The van der Waals surface area contributed by atoms with Gasteiger partial charge in [-0.15, -0.1) is 6.58 Å². The third-order valence-electron chi connectivity index (χ3n) is 0.129. The van der Waals surface area contributed by atoms with Crippen LogP contribution in [0.1, 0.15) is 0 Å². The molecule has 0 rings (SSSR count). The van der Waals surface area contributed by atoms with E-state index in [4.69, 9.17) is 5.11 Å². The van der Waals surface area contributed by atoms with Gasteiger partial charge in [0.1, 0.15) is 0 Å². The Bertz CT molecular complexity index is 17.6. The van der Waals surface area contributed by atoms with E-state index in [1.807, 2.05) is 0 Å². The van der Waals surface area contributed by atoms with Crippen LogP contribution in [0.4, 0.5) is 0 Å². The minimum absolute atomic E-state index is 0. The van der Waals surface area contributed by atoms with Crippen molar-refractivity contribution in [1.29, 1.82) is 0 Å². The van der Waals surface area contributed by atoms with Gasteiger partial charge in [0.25, 0.3) is 0 Å². The molecule has 0 amide bonds. The van der Waals surface area contributed by atoms with Crippen molar-refractivity contribution in [2.75, 3.05) is 6.61 Å².